The number of anilines is 1. The van der Waals surface area contributed by atoms with E-state index >= 15 is 0 Å². The predicted molar refractivity (Wildman–Crippen MR) is 64.1 cm³/mol. The summed E-state index contributed by atoms with van der Waals surface area (Å²) in [5, 5.41) is 11.5. The molecule has 0 aliphatic heterocycles. The van der Waals surface area contributed by atoms with Crippen LogP contribution in [0.5, 0.6) is 0 Å². The highest BCUT2D eigenvalue weighted by Gasteiger charge is 2.05. The van der Waals surface area contributed by atoms with Crippen molar-refractivity contribution in [2.75, 3.05) is 18.5 Å². The first-order chi connectivity index (χ1) is 8.27. The van der Waals surface area contributed by atoms with Crippen LogP contribution in [0.15, 0.2) is 24.3 Å². The average Bonchev–Trinajstić information content (AvgIpc) is 2.35. The normalized spacial score (nSPS) is 9.06. The van der Waals surface area contributed by atoms with Gasteiger partial charge in [0, 0.05) is 0 Å². The zero-order chi connectivity index (χ0) is 12.5. The summed E-state index contributed by atoms with van der Waals surface area (Å²) < 4.78 is 4.99. The minimum atomic E-state index is -0.204. The molecular formula is C13H12N2O2. The average molecular weight is 228 g/mol. The van der Waals surface area contributed by atoms with Gasteiger partial charge in [0.25, 0.3) is 0 Å². The van der Waals surface area contributed by atoms with Crippen molar-refractivity contribution < 1.29 is 9.53 Å². The van der Waals surface area contributed by atoms with Crippen LogP contribution in [-0.4, -0.2) is 19.1 Å². The van der Waals surface area contributed by atoms with Crippen molar-refractivity contribution in [3.05, 3.63) is 29.8 Å². The van der Waals surface area contributed by atoms with E-state index in [9.17, 15) is 4.79 Å². The molecule has 0 aliphatic carbocycles. The van der Waals surface area contributed by atoms with Crippen LogP contribution in [0, 0.1) is 23.7 Å². The maximum atomic E-state index is 11.5. The van der Waals surface area contributed by atoms with Crippen molar-refractivity contribution in [1.29, 1.82) is 5.26 Å². The van der Waals surface area contributed by atoms with Gasteiger partial charge in [-0.2, -0.15) is 5.26 Å². The number of amides is 1. The third kappa shape index (κ3) is 4.38. The molecule has 4 nitrogen and oxygen atoms in total. The molecule has 1 aromatic rings. The molecular weight excluding hydrogens is 216 g/mol. The Bertz CT molecular complexity index is 469. The van der Waals surface area contributed by atoms with Crippen molar-refractivity contribution >= 4 is 11.6 Å². The molecule has 0 radical (unpaired) electrons. The molecule has 0 saturated heterocycles. The molecule has 1 N–H and O–H groups in total. The number of benzene rings is 1. The van der Waals surface area contributed by atoms with E-state index in [1.807, 2.05) is 6.07 Å². The number of ether oxygens (including phenoxy) is 1. The van der Waals surface area contributed by atoms with Gasteiger partial charge in [0.05, 0.1) is 24.3 Å². The molecule has 0 aromatic heterocycles. The summed E-state index contributed by atoms with van der Waals surface area (Å²) >= 11 is 0. The number of nitrogens with zero attached hydrogens (tertiary/aromatic N) is 1. The second-order valence-corrected chi connectivity index (χ2v) is 3.21. The van der Waals surface area contributed by atoms with Crippen molar-refractivity contribution in [3.8, 4) is 18.4 Å². The molecule has 0 unspecified atom stereocenters. The van der Waals surface area contributed by atoms with Gasteiger partial charge >= 0.3 is 0 Å². The molecule has 0 fully saturated rings. The van der Waals surface area contributed by atoms with Crippen molar-refractivity contribution in [3.63, 3.8) is 0 Å². The monoisotopic (exact) mass is 228 g/mol. The summed E-state index contributed by atoms with van der Waals surface area (Å²) in [5.41, 5.74) is 0.947. The van der Waals surface area contributed by atoms with E-state index in [4.69, 9.17) is 16.4 Å². The van der Waals surface area contributed by atoms with Crippen molar-refractivity contribution in [2.24, 2.45) is 0 Å². The third-order valence-corrected chi connectivity index (χ3v) is 1.98. The smallest absolute Gasteiger partial charge is 0.226 e. The fourth-order valence-corrected chi connectivity index (χ4v) is 1.20. The van der Waals surface area contributed by atoms with Gasteiger partial charge in [-0.15, -0.1) is 6.42 Å². The van der Waals surface area contributed by atoms with Gasteiger partial charge in [-0.25, -0.2) is 0 Å². The van der Waals surface area contributed by atoms with Gasteiger partial charge in [0.2, 0.25) is 5.91 Å². The van der Waals surface area contributed by atoms with Crippen LogP contribution in [0.2, 0.25) is 0 Å². The maximum absolute atomic E-state index is 11.5. The lowest BCUT2D eigenvalue weighted by Crippen LogP contribution is -2.15. The molecule has 1 rings (SSSR count). The third-order valence-electron chi connectivity index (χ3n) is 1.98. The zero-order valence-corrected chi connectivity index (χ0v) is 9.27. The molecule has 0 bridgehead atoms. The lowest BCUT2D eigenvalue weighted by molar-refractivity contribution is -0.117. The number of nitriles is 1. The van der Waals surface area contributed by atoms with Crippen LogP contribution in [0.3, 0.4) is 0 Å². The first-order valence-electron chi connectivity index (χ1n) is 5.08. The Labute approximate surface area is 100 Å². The Morgan fingerprint density at radius 2 is 2.24 bits per heavy atom. The van der Waals surface area contributed by atoms with E-state index in [0.29, 0.717) is 11.3 Å². The molecule has 0 spiro atoms. The minimum absolute atomic E-state index is 0.196. The second kappa shape index (κ2) is 7.05. The standard InChI is InChI=1S/C13H12N2O2/c1-2-8-17-9-7-13(16)15-12-6-4-3-5-11(12)10-14/h1,3-6H,7-9H2,(H,15,16). The summed E-state index contributed by atoms with van der Waals surface area (Å²) in [6, 6.07) is 8.82. The molecule has 1 amide bonds. The summed E-state index contributed by atoms with van der Waals surface area (Å²) in [4.78, 5) is 11.5. The number of rotatable bonds is 5. The molecule has 4 heteroatoms. The van der Waals surface area contributed by atoms with E-state index in [1.54, 1.807) is 24.3 Å². The Morgan fingerprint density at radius 1 is 1.47 bits per heavy atom. The Balaban J connectivity index is 2.46. The van der Waals surface area contributed by atoms with Crippen LogP contribution in [0.4, 0.5) is 5.69 Å². The first-order valence-corrected chi connectivity index (χ1v) is 5.08. The molecule has 17 heavy (non-hydrogen) atoms. The lowest BCUT2D eigenvalue weighted by Gasteiger charge is -2.06. The summed E-state index contributed by atoms with van der Waals surface area (Å²) in [6.07, 6.45) is 5.21. The summed E-state index contributed by atoms with van der Waals surface area (Å²) in [6.45, 7) is 0.465. The number of carbonyl (C=O) groups is 1. The van der Waals surface area contributed by atoms with Crippen LogP contribution in [0.1, 0.15) is 12.0 Å². The van der Waals surface area contributed by atoms with Crippen molar-refractivity contribution in [1.82, 2.24) is 0 Å². The largest absolute Gasteiger partial charge is 0.368 e. The summed E-state index contributed by atoms with van der Waals surface area (Å²) in [5.74, 6) is 2.11. The number of terminal acetylenes is 1. The Hall–Kier alpha value is -2.30. The van der Waals surface area contributed by atoms with E-state index in [2.05, 4.69) is 11.2 Å². The van der Waals surface area contributed by atoms with Crippen molar-refractivity contribution in [2.45, 2.75) is 6.42 Å². The maximum Gasteiger partial charge on any atom is 0.226 e. The second-order valence-electron chi connectivity index (χ2n) is 3.21. The van der Waals surface area contributed by atoms with E-state index in [1.165, 1.54) is 0 Å². The van der Waals surface area contributed by atoms with Gasteiger partial charge in [-0.3, -0.25) is 4.79 Å². The van der Waals surface area contributed by atoms with Gasteiger partial charge in [0.1, 0.15) is 12.7 Å². The number of hydrogen-bond acceptors (Lipinski definition) is 3. The Morgan fingerprint density at radius 3 is 2.94 bits per heavy atom. The quantitative estimate of drug-likeness (QED) is 0.614. The first kappa shape index (κ1) is 12.8. The van der Waals surface area contributed by atoms with E-state index in [0.717, 1.165) is 0 Å². The van der Waals surface area contributed by atoms with Gasteiger partial charge in [0.15, 0.2) is 0 Å². The molecule has 0 aliphatic rings. The SMILES string of the molecule is C#CCOCCC(=O)Nc1ccccc1C#N. The van der Waals surface area contributed by atoms with E-state index < -0.39 is 0 Å². The van der Waals surface area contributed by atoms with Crippen LogP contribution >= 0.6 is 0 Å². The van der Waals surface area contributed by atoms with Gasteiger partial charge in [-0.1, -0.05) is 18.1 Å². The number of para-hydroxylation sites is 1. The number of carbonyl (C=O) groups excluding carboxylic acids is 1. The molecule has 1 aromatic carbocycles. The van der Waals surface area contributed by atoms with Crippen LogP contribution in [0.25, 0.3) is 0 Å². The Kier molecular flexibility index (Phi) is 5.30. The molecule has 0 heterocycles. The van der Waals surface area contributed by atoms with Crippen LogP contribution < -0.4 is 5.32 Å². The lowest BCUT2D eigenvalue weighted by atomic mass is 10.2. The van der Waals surface area contributed by atoms with Gasteiger partial charge < -0.3 is 10.1 Å². The summed E-state index contributed by atoms with van der Waals surface area (Å²) in [7, 11) is 0. The predicted octanol–water partition coefficient (Wildman–Crippen LogP) is 1.54. The molecule has 0 saturated carbocycles. The highest BCUT2D eigenvalue weighted by Crippen LogP contribution is 2.13. The topological polar surface area (TPSA) is 62.1 Å². The minimum Gasteiger partial charge on any atom is -0.368 e. The highest BCUT2D eigenvalue weighted by atomic mass is 16.5. The number of nitrogens with one attached hydrogen (secondary N) is 1. The van der Waals surface area contributed by atoms with E-state index in [-0.39, 0.29) is 25.5 Å². The molecule has 0 atom stereocenters. The fraction of sp³-hybridized carbons (Fsp3) is 0.231. The number of hydrogen-bond donors (Lipinski definition) is 1. The molecule has 86 valence electrons. The zero-order valence-electron chi connectivity index (χ0n) is 9.27. The highest BCUT2D eigenvalue weighted by molar-refractivity contribution is 5.92. The fourth-order valence-electron chi connectivity index (χ4n) is 1.20. The van der Waals surface area contributed by atoms with Gasteiger partial charge in [-0.05, 0) is 12.1 Å². The van der Waals surface area contributed by atoms with Crippen LogP contribution in [-0.2, 0) is 9.53 Å².